The van der Waals surface area contributed by atoms with Crippen LogP contribution in [0.2, 0.25) is 0 Å². The zero-order valence-electron chi connectivity index (χ0n) is 7.41. The number of nitrogens with zero attached hydrogens (tertiary/aromatic N) is 1. The van der Waals surface area contributed by atoms with Gasteiger partial charge in [-0.25, -0.2) is 8.78 Å². The van der Waals surface area contributed by atoms with Gasteiger partial charge >= 0.3 is 0 Å². The van der Waals surface area contributed by atoms with Crippen molar-refractivity contribution in [1.82, 2.24) is 4.98 Å². The van der Waals surface area contributed by atoms with Gasteiger partial charge in [0.2, 0.25) is 0 Å². The van der Waals surface area contributed by atoms with E-state index in [4.69, 9.17) is 0 Å². The normalized spacial score (nSPS) is 11.1. The lowest BCUT2D eigenvalue weighted by Crippen LogP contribution is -1.87. The highest BCUT2D eigenvalue weighted by atomic mass is 19.3. The maximum absolute atomic E-state index is 12.5. The molecule has 1 heterocycles. The number of aromatic amines is 1. The van der Waals surface area contributed by atoms with Crippen LogP contribution in [0.25, 0.3) is 10.9 Å². The summed E-state index contributed by atoms with van der Waals surface area (Å²) in [6.45, 7) is 0. The van der Waals surface area contributed by atoms with E-state index in [-0.39, 0.29) is 16.6 Å². The minimum Gasteiger partial charge on any atom is -0.361 e. The summed E-state index contributed by atoms with van der Waals surface area (Å²) in [5, 5.41) is 10.6. The first kappa shape index (κ1) is 9.57. The number of halogens is 2. The van der Waals surface area contributed by atoms with Crippen LogP contribution in [-0.4, -0.2) is 9.91 Å². The van der Waals surface area contributed by atoms with Crippen LogP contribution < -0.4 is 0 Å². The van der Waals surface area contributed by atoms with Gasteiger partial charge in [0.1, 0.15) is 0 Å². The lowest BCUT2D eigenvalue weighted by atomic mass is 10.1. The van der Waals surface area contributed by atoms with Crippen molar-refractivity contribution in [2.75, 3.05) is 0 Å². The highest BCUT2D eigenvalue weighted by molar-refractivity contribution is 5.85. The third-order valence-corrected chi connectivity index (χ3v) is 2.14. The summed E-state index contributed by atoms with van der Waals surface area (Å²) in [5.41, 5.74) is 0.0635. The highest BCUT2D eigenvalue weighted by Crippen LogP contribution is 2.29. The van der Waals surface area contributed by atoms with Gasteiger partial charge in [-0.15, -0.1) is 0 Å². The molecule has 1 N–H and O–H groups in total. The number of nitro groups is 1. The maximum Gasteiger partial charge on any atom is 0.270 e. The molecule has 0 radical (unpaired) electrons. The Hall–Kier alpha value is -1.98. The van der Waals surface area contributed by atoms with E-state index in [2.05, 4.69) is 4.98 Å². The lowest BCUT2D eigenvalue weighted by Gasteiger charge is -1.96. The van der Waals surface area contributed by atoms with Crippen LogP contribution in [0.3, 0.4) is 0 Å². The number of H-pyrrole nitrogens is 1. The van der Waals surface area contributed by atoms with Crippen LogP contribution in [0.5, 0.6) is 0 Å². The Labute approximate surface area is 82.7 Å². The van der Waals surface area contributed by atoms with E-state index in [1.54, 1.807) is 0 Å². The number of rotatable bonds is 2. The second kappa shape index (κ2) is 3.30. The van der Waals surface area contributed by atoms with Gasteiger partial charge in [-0.05, 0) is 6.07 Å². The van der Waals surface area contributed by atoms with E-state index in [1.165, 1.54) is 18.3 Å². The van der Waals surface area contributed by atoms with Gasteiger partial charge in [0.25, 0.3) is 12.1 Å². The highest BCUT2D eigenvalue weighted by Gasteiger charge is 2.15. The molecule has 6 heteroatoms. The molecule has 0 atom stereocenters. The topological polar surface area (TPSA) is 58.9 Å². The number of alkyl halides is 2. The Morgan fingerprint density at radius 2 is 2.13 bits per heavy atom. The summed E-state index contributed by atoms with van der Waals surface area (Å²) in [6.07, 6.45) is -1.47. The van der Waals surface area contributed by atoms with E-state index in [9.17, 15) is 18.9 Å². The smallest absolute Gasteiger partial charge is 0.270 e. The fourth-order valence-corrected chi connectivity index (χ4v) is 1.42. The molecule has 0 fully saturated rings. The van der Waals surface area contributed by atoms with Crippen molar-refractivity contribution in [1.29, 1.82) is 0 Å². The van der Waals surface area contributed by atoms with Crippen LogP contribution in [0.4, 0.5) is 14.5 Å². The van der Waals surface area contributed by atoms with Crippen LogP contribution in [0.15, 0.2) is 24.4 Å². The molecule has 2 aromatic rings. The summed E-state index contributed by atoms with van der Waals surface area (Å²) >= 11 is 0. The van der Waals surface area contributed by atoms with Crippen molar-refractivity contribution < 1.29 is 13.7 Å². The molecule has 0 aliphatic carbocycles. The molecule has 2 rings (SSSR count). The van der Waals surface area contributed by atoms with Crippen LogP contribution >= 0.6 is 0 Å². The Kier molecular flexibility index (Phi) is 2.11. The molecule has 0 aliphatic heterocycles. The third kappa shape index (κ3) is 1.54. The van der Waals surface area contributed by atoms with Gasteiger partial charge in [0.05, 0.1) is 4.92 Å². The first-order valence-electron chi connectivity index (χ1n) is 4.13. The Morgan fingerprint density at radius 1 is 1.40 bits per heavy atom. The number of benzene rings is 1. The standard InChI is InChI=1S/C9H6F2N2O2/c10-9(11)7-4-12-8-2-1-5(13(14)15)3-6(7)8/h1-4,9,12H. The Balaban J connectivity index is 2.66. The van der Waals surface area contributed by atoms with E-state index >= 15 is 0 Å². The molecular formula is C9H6F2N2O2. The van der Waals surface area contributed by atoms with Crippen LogP contribution in [0.1, 0.15) is 12.0 Å². The average Bonchev–Trinajstić information content (AvgIpc) is 2.59. The van der Waals surface area contributed by atoms with Gasteiger partial charge in [-0.1, -0.05) is 0 Å². The number of hydrogen-bond acceptors (Lipinski definition) is 2. The van der Waals surface area contributed by atoms with Crippen LogP contribution in [0, 0.1) is 10.1 Å². The van der Waals surface area contributed by atoms with Gasteiger partial charge < -0.3 is 4.98 Å². The molecular weight excluding hydrogens is 206 g/mol. The number of non-ortho nitro benzene ring substituents is 1. The minimum absolute atomic E-state index is 0.191. The minimum atomic E-state index is -2.64. The van der Waals surface area contributed by atoms with Crippen molar-refractivity contribution in [3.8, 4) is 0 Å². The first-order valence-corrected chi connectivity index (χ1v) is 4.13. The predicted octanol–water partition coefficient (Wildman–Crippen LogP) is 3.01. The SMILES string of the molecule is O=[N+]([O-])c1ccc2[nH]cc(C(F)F)c2c1. The van der Waals surface area contributed by atoms with E-state index in [0.717, 1.165) is 6.07 Å². The largest absolute Gasteiger partial charge is 0.361 e. The molecule has 0 amide bonds. The number of hydrogen-bond donors (Lipinski definition) is 1. The van der Waals surface area contributed by atoms with Crippen molar-refractivity contribution in [3.05, 3.63) is 40.1 Å². The van der Waals surface area contributed by atoms with Gasteiger partial charge in [0.15, 0.2) is 0 Å². The zero-order valence-corrected chi connectivity index (χ0v) is 7.41. The molecule has 1 aromatic heterocycles. The molecule has 15 heavy (non-hydrogen) atoms. The maximum atomic E-state index is 12.5. The fourth-order valence-electron chi connectivity index (χ4n) is 1.42. The van der Waals surface area contributed by atoms with Crippen molar-refractivity contribution in [3.63, 3.8) is 0 Å². The van der Waals surface area contributed by atoms with E-state index in [0.29, 0.717) is 5.52 Å². The van der Waals surface area contributed by atoms with E-state index in [1.807, 2.05) is 0 Å². The molecule has 0 aliphatic rings. The molecule has 0 spiro atoms. The van der Waals surface area contributed by atoms with Gasteiger partial charge in [-0.2, -0.15) is 0 Å². The molecule has 0 unspecified atom stereocenters. The summed E-state index contributed by atoms with van der Waals surface area (Å²) < 4.78 is 24.9. The number of nitrogens with one attached hydrogen (secondary N) is 1. The quantitative estimate of drug-likeness (QED) is 0.614. The number of nitro benzene ring substituents is 1. The lowest BCUT2D eigenvalue weighted by molar-refractivity contribution is -0.384. The average molecular weight is 212 g/mol. The second-order valence-electron chi connectivity index (χ2n) is 3.03. The molecule has 0 saturated heterocycles. The molecule has 1 aromatic carbocycles. The molecule has 78 valence electrons. The Bertz CT molecular complexity index is 522. The summed E-state index contributed by atoms with van der Waals surface area (Å²) in [5.74, 6) is 0. The van der Waals surface area contributed by atoms with Crippen molar-refractivity contribution in [2.24, 2.45) is 0 Å². The van der Waals surface area contributed by atoms with Crippen LogP contribution in [-0.2, 0) is 0 Å². The number of aromatic nitrogens is 1. The van der Waals surface area contributed by atoms with Crippen molar-refractivity contribution in [2.45, 2.75) is 6.43 Å². The summed E-state index contributed by atoms with van der Waals surface area (Å²) in [7, 11) is 0. The molecule has 4 nitrogen and oxygen atoms in total. The predicted molar refractivity (Wildman–Crippen MR) is 49.9 cm³/mol. The molecule has 0 saturated carbocycles. The van der Waals surface area contributed by atoms with Gasteiger partial charge in [-0.3, -0.25) is 10.1 Å². The van der Waals surface area contributed by atoms with Gasteiger partial charge in [0, 0.05) is 34.8 Å². The second-order valence-corrected chi connectivity index (χ2v) is 3.03. The summed E-state index contributed by atoms with van der Waals surface area (Å²) in [6, 6.07) is 3.83. The van der Waals surface area contributed by atoms with Crippen molar-refractivity contribution >= 4 is 16.6 Å². The fraction of sp³-hybridized carbons (Fsp3) is 0.111. The number of fused-ring (bicyclic) bond motifs is 1. The monoisotopic (exact) mass is 212 g/mol. The van der Waals surface area contributed by atoms with E-state index < -0.39 is 11.3 Å². The first-order chi connectivity index (χ1) is 7.09. The summed E-state index contributed by atoms with van der Waals surface area (Å²) in [4.78, 5) is 12.5. The zero-order chi connectivity index (χ0) is 11.0. The third-order valence-electron chi connectivity index (χ3n) is 2.14. The molecule has 0 bridgehead atoms. The Morgan fingerprint density at radius 3 is 2.73 bits per heavy atom.